The molecule has 0 aliphatic carbocycles. The van der Waals surface area contributed by atoms with Crippen LogP contribution in [-0.2, 0) is 6.61 Å². The Hall–Kier alpha value is -1.40. The van der Waals surface area contributed by atoms with E-state index in [4.69, 9.17) is 9.84 Å². The third kappa shape index (κ3) is 2.54. The Morgan fingerprint density at radius 2 is 2.40 bits per heavy atom. The first-order valence-corrected chi connectivity index (χ1v) is 5.83. The van der Waals surface area contributed by atoms with E-state index in [2.05, 4.69) is 4.98 Å². The Morgan fingerprint density at radius 3 is 3.00 bits per heavy atom. The lowest BCUT2D eigenvalue weighted by Gasteiger charge is -1.99. The molecule has 0 saturated carbocycles. The van der Waals surface area contributed by atoms with Gasteiger partial charge in [-0.3, -0.25) is 4.98 Å². The van der Waals surface area contributed by atoms with Crippen molar-refractivity contribution in [2.45, 2.75) is 6.61 Å². The van der Waals surface area contributed by atoms with E-state index in [1.54, 1.807) is 17.1 Å². The second-order valence-electron chi connectivity index (χ2n) is 2.71. The SMILES string of the molecule is O=C(O)c1cc(OCc2cncs2)cs1. The summed E-state index contributed by atoms with van der Waals surface area (Å²) >= 11 is 2.66. The molecule has 0 amide bonds. The average molecular weight is 241 g/mol. The Labute approximate surface area is 93.8 Å². The lowest BCUT2D eigenvalue weighted by Crippen LogP contribution is -1.92. The number of carbonyl (C=O) groups is 1. The minimum Gasteiger partial charge on any atom is -0.487 e. The molecule has 0 bridgehead atoms. The molecule has 2 aromatic rings. The Morgan fingerprint density at radius 1 is 1.53 bits per heavy atom. The van der Waals surface area contributed by atoms with Crippen molar-refractivity contribution in [3.8, 4) is 5.75 Å². The molecule has 78 valence electrons. The van der Waals surface area contributed by atoms with Gasteiger partial charge in [-0.25, -0.2) is 4.79 Å². The van der Waals surface area contributed by atoms with Crippen molar-refractivity contribution in [3.63, 3.8) is 0 Å². The van der Waals surface area contributed by atoms with Crippen LogP contribution >= 0.6 is 22.7 Å². The lowest BCUT2D eigenvalue weighted by atomic mass is 10.4. The summed E-state index contributed by atoms with van der Waals surface area (Å²) in [7, 11) is 0. The maximum Gasteiger partial charge on any atom is 0.346 e. The third-order valence-electron chi connectivity index (χ3n) is 1.65. The van der Waals surface area contributed by atoms with Gasteiger partial charge in [0.25, 0.3) is 0 Å². The van der Waals surface area contributed by atoms with Crippen molar-refractivity contribution >= 4 is 28.6 Å². The van der Waals surface area contributed by atoms with E-state index in [9.17, 15) is 4.79 Å². The number of hydrogen-bond acceptors (Lipinski definition) is 5. The van der Waals surface area contributed by atoms with Crippen molar-refractivity contribution in [2.24, 2.45) is 0 Å². The zero-order valence-electron chi connectivity index (χ0n) is 7.54. The monoisotopic (exact) mass is 241 g/mol. The molecule has 0 radical (unpaired) electrons. The molecule has 1 N–H and O–H groups in total. The van der Waals surface area contributed by atoms with E-state index in [0.717, 1.165) is 16.2 Å². The van der Waals surface area contributed by atoms with E-state index in [1.165, 1.54) is 17.4 Å². The van der Waals surface area contributed by atoms with Gasteiger partial charge in [0.1, 0.15) is 17.2 Å². The van der Waals surface area contributed by atoms with Crippen molar-refractivity contribution in [2.75, 3.05) is 0 Å². The molecule has 4 nitrogen and oxygen atoms in total. The standard InChI is InChI=1S/C9H7NO3S2/c11-9(12)8-1-6(4-14-8)13-3-7-2-10-5-15-7/h1-2,4-5H,3H2,(H,11,12). The summed E-state index contributed by atoms with van der Waals surface area (Å²) in [6.07, 6.45) is 1.73. The van der Waals surface area contributed by atoms with Crippen LogP contribution in [0.1, 0.15) is 14.5 Å². The van der Waals surface area contributed by atoms with Gasteiger partial charge in [-0.05, 0) is 0 Å². The van der Waals surface area contributed by atoms with Crippen LogP contribution in [0.25, 0.3) is 0 Å². The van der Waals surface area contributed by atoms with Crippen LogP contribution in [0.3, 0.4) is 0 Å². The van der Waals surface area contributed by atoms with Crippen LogP contribution in [0.4, 0.5) is 0 Å². The average Bonchev–Trinajstić information content (AvgIpc) is 2.86. The molecular weight excluding hydrogens is 234 g/mol. The van der Waals surface area contributed by atoms with Gasteiger partial charge in [-0.1, -0.05) is 0 Å². The summed E-state index contributed by atoms with van der Waals surface area (Å²) in [5.74, 6) is -0.335. The molecule has 0 spiro atoms. The number of carboxylic acid groups (broad SMARTS) is 1. The number of carboxylic acids is 1. The van der Waals surface area contributed by atoms with Crippen molar-refractivity contribution in [1.82, 2.24) is 4.98 Å². The molecular formula is C9H7NO3S2. The minimum atomic E-state index is -0.923. The number of thiazole rings is 1. The van der Waals surface area contributed by atoms with Gasteiger partial charge in [0.2, 0.25) is 0 Å². The molecule has 0 atom stereocenters. The second-order valence-corrected chi connectivity index (χ2v) is 4.59. The molecule has 2 rings (SSSR count). The topological polar surface area (TPSA) is 59.4 Å². The van der Waals surface area contributed by atoms with Crippen molar-refractivity contribution in [1.29, 1.82) is 0 Å². The lowest BCUT2D eigenvalue weighted by molar-refractivity contribution is 0.0702. The van der Waals surface area contributed by atoms with Crippen LogP contribution in [0.5, 0.6) is 5.75 Å². The van der Waals surface area contributed by atoms with Gasteiger partial charge < -0.3 is 9.84 Å². The summed E-state index contributed by atoms with van der Waals surface area (Å²) in [5.41, 5.74) is 1.73. The predicted octanol–water partition coefficient (Wildman–Crippen LogP) is 2.48. The molecule has 2 aromatic heterocycles. The van der Waals surface area contributed by atoms with Crippen molar-refractivity contribution in [3.05, 3.63) is 32.9 Å². The third-order valence-corrected chi connectivity index (χ3v) is 3.30. The van der Waals surface area contributed by atoms with E-state index >= 15 is 0 Å². The molecule has 0 fully saturated rings. The molecule has 0 aliphatic heterocycles. The highest BCUT2D eigenvalue weighted by Gasteiger charge is 2.07. The second kappa shape index (κ2) is 4.41. The van der Waals surface area contributed by atoms with Gasteiger partial charge in [0, 0.05) is 17.6 Å². The maximum absolute atomic E-state index is 10.6. The van der Waals surface area contributed by atoms with Crippen molar-refractivity contribution < 1.29 is 14.6 Å². The Bertz CT molecular complexity index is 450. The Balaban J connectivity index is 1.96. The largest absolute Gasteiger partial charge is 0.487 e. The first kappa shape index (κ1) is 10.1. The number of thiophene rings is 1. The molecule has 2 heterocycles. The number of nitrogens with zero attached hydrogens (tertiary/aromatic N) is 1. The van der Waals surface area contributed by atoms with Crippen LogP contribution in [0.15, 0.2) is 23.2 Å². The fraction of sp³-hybridized carbons (Fsp3) is 0.111. The highest BCUT2D eigenvalue weighted by Crippen LogP contribution is 2.22. The van der Waals surface area contributed by atoms with Crippen LogP contribution in [0, 0.1) is 0 Å². The first-order chi connectivity index (χ1) is 7.25. The van der Waals surface area contributed by atoms with E-state index in [-0.39, 0.29) is 4.88 Å². The number of aromatic carboxylic acids is 1. The van der Waals surface area contributed by atoms with E-state index in [1.807, 2.05) is 0 Å². The normalized spacial score (nSPS) is 10.1. The predicted molar refractivity (Wildman–Crippen MR) is 57.7 cm³/mol. The van der Waals surface area contributed by atoms with Gasteiger partial charge in [-0.15, -0.1) is 22.7 Å². The fourth-order valence-corrected chi connectivity index (χ4v) is 2.14. The van der Waals surface area contributed by atoms with Crippen LogP contribution < -0.4 is 4.74 Å². The van der Waals surface area contributed by atoms with Crippen LogP contribution in [-0.4, -0.2) is 16.1 Å². The van der Waals surface area contributed by atoms with Gasteiger partial charge in [0.05, 0.1) is 10.4 Å². The summed E-state index contributed by atoms with van der Waals surface area (Å²) in [6, 6.07) is 1.52. The maximum atomic E-state index is 10.6. The summed E-state index contributed by atoms with van der Waals surface area (Å²) in [5, 5.41) is 10.4. The molecule has 0 unspecified atom stereocenters. The van der Waals surface area contributed by atoms with E-state index in [0.29, 0.717) is 12.4 Å². The summed E-state index contributed by atoms with van der Waals surface area (Å²) < 4.78 is 5.40. The number of hydrogen-bond donors (Lipinski definition) is 1. The molecule has 15 heavy (non-hydrogen) atoms. The Kier molecular flexibility index (Phi) is 2.98. The van der Waals surface area contributed by atoms with Gasteiger partial charge in [0.15, 0.2) is 0 Å². The highest BCUT2D eigenvalue weighted by atomic mass is 32.1. The minimum absolute atomic E-state index is 0.286. The first-order valence-electron chi connectivity index (χ1n) is 4.07. The number of ether oxygens (including phenoxy) is 1. The highest BCUT2D eigenvalue weighted by molar-refractivity contribution is 7.12. The molecule has 0 aliphatic rings. The van der Waals surface area contributed by atoms with Gasteiger partial charge in [-0.2, -0.15) is 0 Å². The van der Waals surface area contributed by atoms with E-state index < -0.39 is 5.97 Å². The summed E-state index contributed by atoms with van der Waals surface area (Å²) in [4.78, 5) is 15.8. The number of rotatable bonds is 4. The molecule has 0 saturated heterocycles. The van der Waals surface area contributed by atoms with Gasteiger partial charge >= 0.3 is 5.97 Å². The zero-order valence-corrected chi connectivity index (χ0v) is 9.18. The summed E-state index contributed by atoms with van der Waals surface area (Å²) in [6.45, 7) is 0.431. The fourth-order valence-electron chi connectivity index (χ4n) is 0.975. The molecule has 0 aromatic carbocycles. The quantitative estimate of drug-likeness (QED) is 0.893. The van der Waals surface area contributed by atoms with Crippen LogP contribution in [0.2, 0.25) is 0 Å². The molecule has 6 heteroatoms. The number of aromatic nitrogens is 1. The smallest absolute Gasteiger partial charge is 0.346 e. The zero-order chi connectivity index (χ0) is 10.7.